The Morgan fingerprint density at radius 3 is 2.65 bits per heavy atom. The minimum Gasteiger partial charge on any atom is -0.349 e. The Morgan fingerprint density at radius 2 is 1.94 bits per heavy atom. The number of hydrogen-bond acceptors (Lipinski definition) is 6. The van der Waals surface area contributed by atoms with E-state index in [2.05, 4.69) is 15.0 Å². The maximum Gasteiger partial charge on any atom is 0.271 e. The molecule has 0 fully saturated rings. The van der Waals surface area contributed by atoms with Crippen LogP contribution in [0.15, 0.2) is 70.3 Å². The predicted octanol–water partition coefficient (Wildman–Crippen LogP) is 4.57. The summed E-state index contributed by atoms with van der Waals surface area (Å²) in [7, 11) is -3.73. The zero-order valence-corrected chi connectivity index (χ0v) is 20.7. The molecule has 4 rings (SSSR count). The van der Waals surface area contributed by atoms with Crippen molar-refractivity contribution in [2.24, 2.45) is 0 Å². The molecule has 7 nitrogen and oxygen atoms in total. The SMILES string of the molecule is Cc1ccc(NS(=O)(=O)c2cccs2)c2[nH]c(C(=O)NCC(C=O)SCc3ccccc3)cc12. The van der Waals surface area contributed by atoms with Crippen LogP contribution in [0.5, 0.6) is 0 Å². The number of fused-ring (bicyclic) bond motifs is 1. The van der Waals surface area contributed by atoms with Gasteiger partial charge in [-0.05, 0) is 41.6 Å². The Hall–Kier alpha value is -3.08. The van der Waals surface area contributed by atoms with Crippen LogP contribution in [0, 0.1) is 6.92 Å². The first-order chi connectivity index (χ1) is 16.4. The minimum absolute atomic E-state index is 0.187. The van der Waals surface area contributed by atoms with Gasteiger partial charge in [0.25, 0.3) is 15.9 Å². The fraction of sp³-hybridized carbons (Fsp3) is 0.167. The molecule has 1 unspecified atom stereocenters. The van der Waals surface area contributed by atoms with E-state index in [1.165, 1.54) is 17.8 Å². The van der Waals surface area contributed by atoms with Crippen molar-refractivity contribution in [3.8, 4) is 0 Å². The largest absolute Gasteiger partial charge is 0.349 e. The second-order valence-corrected chi connectivity index (χ2v) is 11.7. The number of thioether (sulfide) groups is 1. The number of rotatable bonds is 10. The van der Waals surface area contributed by atoms with Crippen LogP contribution in [-0.4, -0.2) is 37.4 Å². The molecule has 4 aromatic rings. The van der Waals surface area contributed by atoms with Gasteiger partial charge in [-0.25, -0.2) is 8.42 Å². The predicted molar refractivity (Wildman–Crippen MR) is 138 cm³/mol. The quantitative estimate of drug-likeness (QED) is 0.269. The lowest BCUT2D eigenvalue weighted by molar-refractivity contribution is -0.107. The first-order valence-electron chi connectivity index (χ1n) is 10.4. The summed E-state index contributed by atoms with van der Waals surface area (Å²) in [6.45, 7) is 2.07. The van der Waals surface area contributed by atoms with Crippen molar-refractivity contribution in [1.82, 2.24) is 10.3 Å². The number of aromatic amines is 1. The highest BCUT2D eigenvalue weighted by Crippen LogP contribution is 2.29. The molecule has 0 saturated heterocycles. The number of aryl methyl sites for hydroxylation is 1. The van der Waals surface area contributed by atoms with Crippen molar-refractivity contribution in [2.75, 3.05) is 11.3 Å². The second kappa shape index (κ2) is 10.5. The van der Waals surface area contributed by atoms with Crippen LogP contribution in [-0.2, 0) is 20.6 Å². The fourth-order valence-electron chi connectivity index (χ4n) is 3.39. The molecular weight excluding hydrogens is 490 g/mol. The van der Waals surface area contributed by atoms with Crippen molar-refractivity contribution in [3.05, 3.63) is 82.9 Å². The van der Waals surface area contributed by atoms with Gasteiger partial charge in [0.05, 0.1) is 16.5 Å². The van der Waals surface area contributed by atoms with Gasteiger partial charge >= 0.3 is 0 Å². The van der Waals surface area contributed by atoms with Gasteiger partial charge in [-0.2, -0.15) is 0 Å². The Bertz CT molecular complexity index is 1400. The molecule has 1 amide bonds. The fourth-order valence-corrected chi connectivity index (χ4v) is 6.33. The lowest BCUT2D eigenvalue weighted by Crippen LogP contribution is -2.31. The van der Waals surface area contributed by atoms with E-state index in [0.717, 1.165) is 34.1 Å². The molecule has 10 heteroatoms. The maximum absolute atomic E-state index is 12.8. The number of carbonyl (C=O) groups is 2. The lowest BCUT2D eigenvalue weighted by Gasteiger charge is -2.11. The van der Waals surface area contributed by atoms with Crippen molar-refractivity contribution < 1.29 is 18.0 Å². The Labute approximate surface area is 206 Å². The van der Waals surface area contributed by atoms with Crippen molar-refractivity contribution in [1.29, 1.82) is 0 Å². The summed E-state index contributed by atoms with van der Waals surface area (Å²) < 4.78 is 28.2. The van der Waals surface area contributed by atoms with E-state index in [9.17, 15) is 18.0 Å². The van der Waals surface area contributed by atoms with Crippen molar-refractivity contribution in [3.63, 3.8) is 0 Å². The van der Waals surface area contributed by atoms with Crippen molar-refractivity contribution >= 4 is 61.9 Å². The van der Waals surface area contributed by atoms with Gasteiger partial charge < -0.3 is 15.1 Å². The van der Waals surface area contributed by atoms with Crippen LogP contribution >= 0.6 is 23.1 Å². The maximum atomic E-state index is 12.8. The summed E-state index contributed by atoms with van der Waals surface area (Å²) in [6, 6.07) is 18.2. The highest BCUT2D eigenvalue weighted by atomic mass is 32.2. The molecule has 176 valence electrons. The number of H-pyrrole nitrogens is 1. The number of aromatic nitrogens is 1. The molecule has 0 aliphatic heterocycles. The third kappa shape index (κ3) is 5.52. The number of sulfonamides is 1. The number of thiophene rings is 1. The number of nitrogens with one attached hydrogen (secondary N) is 3. The van der Waals surface area contributed by atoms with E-state index in [-0.39, 0.29) is 21.9 Å². The Morgan fingerprint density at radius 1 is 1.15 bits per heavy atom. The molecule has 2 aromatic carbocycles. The van der Waals surface area contributed by atoms with Gasteiger partial charge in [-0.1, -0.05) is 42.5 Å². The van der Waals surface area contributed by atoms with E-state index in [4.69, 9.17) is 0 Å². The molecule has 1 atom stereocenters. The summed E-state index contributed by atoms with van der Waals surface area (Å²) in [5.74, 6) is 0.300. The van der Waals surface area contributed by atoms with Crippen LogP contribution in [0.25, 0.3) is 10.9 Å². The topological polar surface area (TPSA) is 108 Å². The summed E-state index contributed by atoms with van der Waals surface area (Å²) in [4.78, 5) is 27.3. The highest BCUT2D eigenvalue weighted by molar-refractivity contribution is 7.99. The number of carbonyl (C=O) groups excluding carboxylic acids is 2. The Balaban J connectivity index is 1.47. The standard InChI is InChI=1S/C24H23N3O4S3/c1-16-9-10-20(27-34(30,31)22-8-5-11-32-22)23-19(16)12-21(26-23)24(29)25-13-18(14-28)33-15-17-6-3-2-4-7-17/h2-12,14,18,26-27H,13,15H2,1H3,(H,25,29). The number of anilines is 1. The molecule has 2 heterocycles. The van der Waals surface area contributed by atoms with Crippen LogP contribution in [0.1, 0.15) is 21.6 Å². The molecule has 0 spiro atoms. The average molecular weight is 514 g/mol. The smallest absolute Gasteiger partial charge is 0.271 e. The van der Waals surface area contributed by atoms with Gasteiger partial charge in [0.2, 0.25) is 0 Å². The van der Waals surface area contributed by atoms with E-state index in [1.54, 1.807) is 29.6 Å². The first kappa shape index (κ1) is 24.1. The summed E-state index contributed by atoms with van der Waals surface area (Å²) in [6.07, 6.45) is 0.834. The van der Waals surface area contributed by atoms with E-state index in [1.807, 2.05) is 37.3 Å². The van der Waals surface area contributed by atoms with E-state index in [0.29, 0.717) is 22.7 Å². The van der Waals surface area contributed by atoms with Gasteiger partial charge in [0.1, 0.15) is 16.2 Å². The number of amides is 1. The molecule has 0 saturated carbocycles. The third-order valence-corrected chi connectivity index (χ3v) is 9.15. The number of hydrogen-bond donors (Lipinski definition) is 3. The Kier molecular flexibility index (Phi) is 7.40. The summed E-state index contributed by atoms with van der Waals surface area (Å²) in [5, 5.41) is 4.85. The zero-order chi connectivity index (χ0) is 24.1. The summed E-state index contributed by atoms with van der Waals surface area (Å²) in [5.41, 5.74) is 3.18. The van der Waals surface area contributed by atoms with E-state index >= 15 is 0 Å². The molecule has 2 aromatic heterocycles. The molecule has 34 heavy (non-hydrogen) atoms. The molecule has 3 N–H and O–H groups in total. The molecule has 0 aliphatic rings. The van der Waals surface area contributed by atoms with Crippen LogP contribution < -0.4 is 10.0 Å². The summed E-state index contributed by atoms with van der Waals surface area (Å²) >= 11 is 2.58. The highest BCUT2D eigenvalue weighted by Gasteiger charge is 2.20. The molecule has 0 aliphatic carbocycles. The monoisotopic (exact) mass is 513 g/mol. The second-order valence-electron chi connectivity index (χ2n) is 7.62. The third-order valence-electron chi connectivity index (χ3n) is 5.18. The minimum atomic E-state index is -3.73. The van der Waals surface area contributed by atoms with Crippen molar-refractivity contribution in [2.45, 2.75) is 22.1 Å². The zero-order valence-electron chi connectivity index (χ0n) is 18.3. The molecule has 0 radical (unpaired) electrons. The first-order valence-corrected chi connectivity index (χ1v) is 13.9. The van der Waals surface area contributed by atoms with Gasteiger partial charge in [-0.3, -0.25) is 9.52 Å². The normalized spacial score (nSPS) is 12.4. The van der Waals surface area contributed by atoms with E-state index < -0.39 is 10.0 Å². The molecule has 0 bridgehead atoms. The van der Waals surface area contributed by atoms with Crippen LogP contribution in [0.4, 0.5) is 5.69 Å². The van der Waals surface area contributed by atoms with Crippen LogP contribution in [0.2, 0.25) is 0 Å². The molecular formula is C24H23N3O4S3. The van der Waals surface area contributed by atoms with Gasteiger partial charge in [0, 0.05) is 17.7 Å². The van der Waals surface area contributed by atoms with Crippen LogP contribution in [0.3, 0.4) is 0 Å². The van der Waals surface area contributed by atoms with Gasteiger partial charge in [-0.15, -0.1) is 23.1 Å². The number of benzene rings is 2. The van der Waals surface area contributed by atoms with Gasteiger partial charge in [0.15, 0.2) is 0 Å². The number of aldehydes is 1. The lowest BCUT2D eigenvalue weighted by atomic mass is 10.1. The average Bonchev–Trinajstić information content (AvgIpc) is 3.53.